The maximum absolute atomic E-state index is 12.9. The summed E-state index contributed by atoms with van der Waals surface area (Å²) in [5.41, 5.74) is 0.355. The Morgan fingerprint density at radius 3 is 2.75 bits per heavy atom. The van der Waals surface area contributed by atoms with Crippen molar-refractivity contribution >= 4 is 0 Å². The molecule has 0 radical (unpaired) electrons. The standard InChI is InChI=1S/C10H9F2N3O/c1-13-5-9-14-15-10(16-9)6-2-3-7(11)8(12)4-6/h2-4,13H,5H2,1H3. The molecule has 1 N–H and O–H groups in total. The fourth-order valence-electron chi connectivity index (χ4n) is 1.22. The number of nitrogens with zero attached hydrogens (tertiary/aromatic N) is 2. The minimum Gasteiger partial charge on any atom is -0.419 e. The Balaban J connectivity index is 2.31. The van der Waals surface area contributed by atoms with E-state index in [1.165, 1.54) is 6.07 Å². The fourth-order valence-corrected chi connectivity index (χ4v) is 1.22. The summed E-state index contributed by atoms with van der Waals surface area (Å²) in [7, 11) is 1.74. The van der Waals surface area contributed by atoms with Crippen LogP contribution in [0.2, 0.25) is 0 Å². The van der Waals surface area contributed by atoms with Crippen molar-refractivity contribution < 1.29 is 13.2 Å². The molecule has 0 aliphatic heterocycles. The van der Waals surface area contributed by atoms with Gasteiger partial charge in [-0.05, 0) is 25.2 Å². The van der Waals surface area contributed by atoms with Gasteiger partial charge in [0.15, 0.2) is 11.6 Å². The van der Waals surface area contributed by atoms with Crippen LogP contribution in [0.5, 0.6) is 0 Å². The molecule has 0 aliphatic carbocycles. The number of hydrogen-bond acceptors (Lipinski definition) is 4. The monoisotopic (exact) mass is 225 g/mol. The molecule has 0 aliphatic rings. The third kappa shape index (κ3) is 2.06. The predicted molar refractivity (Wildman–Crippen MR) is 52.4 cm³/mol. The maximum atomic E-state index is 12.9. The highest BCUT2D eigenvalue weighted by molar-refractivity contribution is 5.52. The van der Waals surface area contributed by atoms with E-state index >= 15 is 0 Å². The lowest BCUT2D eigenvalue weighted by molar-refractivity contribution is 0.487. The van der Waals surface area contributed by atoms with Crippen LogP contribution >= 0.6 is 0 Å². The molecule has 16 heavy (non-hydrogen) atoms. The third-order valence-corrected chi connectivity index (χ3v) is 1.96. The summed E-state index contributed by atoms with van der Waals surface area (Å²) in [4.78, 5) is 0. The first kappa shape index (κ1) is 10.7. The van der Waals surface area contributed by atoms with E-state index in [4.69, 9.17) is 4.42 Å². The highest BCUT2D eigenvalue weighted by atomic mass is 19.2. The number of hydrogen-bond donors (Lipinski definition) is 1. The van der Waals surface area contributed by atoms with Crippen LogP contribution in [0.15, 0.2) is 22.6 Å². The molecule has 4 nitrogen and oxygen atoms in total. The van der Waals surface area contributed by atoms with Crippen LogP contribution in [0.4, 0.5) is 8.78 Å². The Morgan fingerprint density at radius 1 is 1.25 bits per heavy atom. The van der Waals surface area contributed by atoms with Gasteiger partial charge in [-0.3, -0.25) is 0 Å². The number of rotatable bonds is 3. The Morgan fingerprint density at radius 2 is 2.06 bits per heavy atom. The van der Waals surface area contributed by atoms with Gasteiger partial charge in [0.1, 0.15) is 0 Å². The number of aromatic nitrogens is 2. The van der Waals surface area contributed by atoms with Crippen molar-refractivity contribution in [3.05, 3.63) is 35.7 Å². The first-order chi connectivity index (χ1) is 7.70. The van der Waals surface area contributed by atoms with Crippen molar-refractivity contribution in [1.82, 2.24) is 15.5 Å². The minimum absolute atomic E-state index is 0.171. The van der Waals surface area contributed by atoms with E-state index in [9.17, 15) is 8.78 Å². The summed E-state index contributed by atoms with van der Waals surface area (Å²) in [6, 6.07) is 3.42. The molecular formula is C10H9F2N3O. The molecule has 0 spiro atoms. The van der Waals surface area contributed by atoms with Crippen LogP contribution in [0.25, 0.3) is 11.5 Å². The zero-order chi connectivity index (χ0) is 11.5. The van der Waals surface area contributed by atoms with E-state index in [-0.39, 0.29) is 5.89 Å². The van der Waals surface area contributed by atoms with Crippen LogP contribution in [-0.4, -0.2) is 17.2 Å². The van der Waals surface area contributed by atoms with Crippen LogP contribution in [-0.2, 0) is 6.54 Å². The second-order valence-corrected chi connectivity index (χ2v) is 3.16. The summed E-state index contributed by atoms with van der Waals surface area (Å²) >= 11 is 0. The maximum Gasteiger partial charge on any atom is 0.247 e. The van der Waals surface area contributed by atoms with Crippen LogP contribution < -0.4 is 5.32 Å². The molecule has 0 unspecified atom stereocenters. The number of benzene rings is 1. The highest BCUT2D eigenvalue weighted by Crippen LogP contribution is 2.20. The molecule has 0 amide bonds. The Hall–Kier alpha value is -1.82. The first-order valence-electron chi connectivity index (χ1n) is 4.63. The van der Waals surface area contributed by atoms with Crippen molar-refractivity contribution in [3.63, 3.8) is 0 Å². The molecular weight excluding hydrogens is 216 g/mol. The molecule has 1 heterocycles. The molecule has 2 rings (SSSR count). The Labute approximate surface area is 90.3 Å². The SMILES string of the molecule is CNCc1nnc(-c2ccc(F)c(F)c2)o1. The molecule has 2 aromatic rings. The van der Waals surface area contributed by atoms with Crippen molar-refractivity contribution in [2.24, 2.45) is 0 Å². The van der Waals surface area contributed by atoms with Gasteiger partial charge in [-0.2, -0.15) is 0 Å². The fraction of sp³-hybridized carbons (Fsp3) is 0.200. The van der Waals surface area contributed by atoms with Gasteiger partial charge in [0.2, 0.25) is 11.8 Å². The molecule has 0 fully saturated rings. The zero-order valence-corrected chi connectivity index (χ0v) is 8.50. The molecule has 0 bridgehead atoms. The van der Waals surface area contributed by atoms with Gasteiger partial charge in [0.25, 0.3) is 0 Å². The summed E-state index contributed by atoms with van der Waals surface area (Å²) in [5.74, 6) is -1.28. The van der Waals surface area contributed by atoms with Crippen molar-refractivity contribution in [1.29, 1.82) is 0 Å². The van der Waals surface area contributed by atoms with E-state index in [0.717, 1.165) is 12.1 Å². The van der Waals surface area contributed by atoms with Crippen molar-refractivity contribution in [2.45, 2.75) is 6.54 Å². The average Bonchev–Trinajstić information content (AvgIpc) is 2.71. The largest absolute Gasteiger partial charge is 0.419 e. The Kier molecular flexibility index (Phi) is 2.91. The van der Waals surface area contributed by atoms with E-state index in [1.54, 1.807) is 7.05 Å². The second-order valence-electron chi connectivity index (χ2n) is 3.16. The van der Waals surface area contributed by atoms with Gasteiger partial charge >= 0.3 is 0 Å². The summed E-state index contributed by atoms with van der Waals surface area (Å²) in [6.45, 7) is 0.427. The predicted octanol–water partition coefficient (Wildman–Crippen LogP) is 1.73. The topological polar surface area (TPSA) is 51.0 Å². The van der Waals surface area contributed by atoms with Gasteiger partial charge in [0.05, 0.1) is 6.54 Å². The van der Waals surface area contributed by atoms with Crippen molar-refractivity contribution in [2.75, 3.05) is 7.05 Å². The lowest BCUT2D eigenvalue weighted by Gasteiger charge is -1.96. The summed E-state index contributed by atoms with van der Waals surface area (Å²) in [6.07, 6.45) is 0. The lowest BCUT2D eigenvalue weighted by Crippen LogP contribution is -2.04. The van der Waals surface area contributed by atoms with Crippen LogP contribution in [0.3, 0.4) is 0 Å². The van der Waals surface area contributed by atoms with Crippen molar-refractivity contribution in [3.8, 4) is 11.5 Å². The summed E-state index contributed by atoms with van der Waals surface area (Å²) < 4.78 is 30.9. The molecule has 1 aromatic carbocycles. The van der Waals surface area contributed by atoms with E-state index in [0.29, 0.717) is 18.0 Å². The molecule has 0 saturated carbocycles. The van der Waals surface area contributed by atoms with Gasteiger partial charge in [-0.15, -0.1) is 10.2 Å². The van der Waals surface area contributed by atoms with Gasteiger partial charge in [0, 0.05) is 5.56 Å². The van der Waals surface area contributed by atoms with Gasteiger partial charge in [-0.25, -0.2) is 8.78 Å². The van der Waals surface area contributed by atoms with E-state index < -0.39 is 11.6 Å². The molecule has 0 saturated heterocycles. The van der Waals surface area contributed by atoms with Crippen LogP contribution in [0.1, 0.15) is 5.89 Å². The first-order valence-corrected chi connectivity index (χ1v) is 4.63. The lowest BCUT2D eigenvalue weighted by atomic mass is 10.2. The quantitative estimate of drug-likeness (QED) is 0.864. The van der Waals surface area contributed by atoms with Gasteiger partial charge in [-0.1, -0.05) is 0 Å². The van der Waals surface area contributed by atoms with E-state index in [1.807, 2.05) is 0 Å². The van der Waals surface area contributed by atoms with Crippen LogP contribution in [0, 0.1) is 11.6 Å². The highest BCUT2D eigenvalue weighted by Gasteiger charge is 2.10. The molecule has 84 valence electrons. The average molecular weight is 225 g/mol. The third-order valence-electron chi connectivity index (χ3n) is 1.96. The smallest absolute Gasteiger partial charge is 0.247 e. The summed E-state index contributed by atoms with van der Waals surface area (Å²) in [5, 5.41) is 10.3. The van der Waals surface area contributed by atoms with E-state index in [2.05, 4.69) is 15.5 Å². The molecule has 6 heteroatoms. The second kappa shape index (κ2) is 4.36. The molecule has 1 aromatic heterocycles. The Bertz CT molecular complexity index is 499. The normalized spacial score (nSPS) is 10.7. The van der Waals surface area contributed by atoms with Gasteiger partial charge < -0.3 is 9.73 Å². The minimum atomic E-state index is -0.939. The molecule has 0 atom stereocenters. The number of halogens is 2. The zero-order valence-electron chi connectivity index (χ0n) is 8.50. The number of nitrogens with one attached hydrogen (secondary N) is 1.